The van der Waals surface area contributed by atoms with Crippen molar-refractivity contribution in [1.82, 2.24) is 0 Å². The van der Waals surface area contributed by atoms with Crippen molar-refractivity contribution in [3.8, 4) is 0 Å². The molecule has 0 aromatic heterocycles. The quantitative estimate of drug-likeness (QED) is 0.821. The molecule has 0 unspecified atom stereocenters. The van der Waals surface area contributed by atoms with E-state index in [1.807, 2.05) is 31.2 Å². The summed E-state index contributed by atoms with van der Waals surface area (Å²) in [6.07, 6.45) is 0.502. The molecule has 0 aliphatic carbocycles. The van der Waals surface area contributed by atoms with E-state index in [4.69, 9.17) is 0 Å². The number of hydrogen-bond acceptors (Lipinski definition) is 2. The van der Waals surface area contributed by atoms with Crippen molar-refractivity contribution in [2.45, 2.75) is 39.7 Å². The molecule has 0 bridgehead atoms. The highest BCUT2D eigenvalue weighted by Crippen LogP contribution is 2.17. The normalized spacial score (nSPS) is 11.0. The smallest absolute Gasteiger partial charge is 0.224 e. The average Bonchev–Trinajstić information content (AvgIpc) is 2.18. The minimum Gasteiger partial charge on any atom is -0.380 e. The maximum Gasteiger partial charge on any atom is 0.224 e. The summed E-state index contributed by atoms with van der Waals surface area (Å²) in [5, 5.41) is 6.18. The Kier molecular flexibility index (Phi) is 3.93. The zero-order chi connectivity index (χ0) is 12.2. The maximum atomic E-state index is 11.2. The predicted molar refractivity (Wildman–Crippen MR) is 68.7 cm³/mol. The zero-order valence-corrected chi connectivity index (χ0v) is 10.4. The van der Waals surface area contributed by atoms with E-state index in [9.17, 15) is 4.79 Å². The zero-order valence-electron chi connectivity index (χ0n) is 10.4. The third kappa shape index (κ3) is 4.34. The summed E-state index contributed by atoms with van der Waals surface area (Å²) in [6, 6.07) is 7.75. The van der Waals surface area contributed by atoms with Gasteiger partial charge in [0.05, 0.1) is 0 Å². The highest BCUT2D eigenvalue weighted by molar-refractivity contribution is 5.90. The van der Waals surface area contributed by atoms with E-state index >= 15 is 0 Å². The second-order valence-electron chi connectivity index (χ2n) is 4.85. The average molecular weight is 220 g/mol. The van der Waals surface area contributed by atoms with Crippen LogP contribution in [0.3, 0.4) is 0 Å². The molecular formula is C13H20N2O. The summed E-state index contributed by atoms with van der Waals surface area (Å²) >= 11 is 0. The molecule has 0 saturated carbocycles. The van der Waals surface area contributed by atoms with Crippen LogP contribution in [-0.2, 0) is 4.79 Å². The molecule has 3 nitrogen and oxygen atoms in total. The van der Waals surface area contributed by atoms with E-state index in [1.54, 1.807) is 0 Å². The number of benzene rings is 1. The monoisotopic (exact) mass is 220 g/mol. The highest BCUT2D eigenvalue weighted by Gasteiger charge is 2.08. The maximum absolute atomic E-state index is 11.2. The Hall–Kier alpha value is -1.51. The molecule has 0 saturated heterocycles. The van der Waals surface area contributed by atoms with Crippen molar-refractivity contribution in [3.05, 3.63) is 24.3 Å². The Balaban J connectivity index is 2.64. The summed E-state index contributed by atoms with van der Waals surface area (Å²) in [6.45, 7) is 8.17. The summed E-state index contributed by atoms with van der Waals surface area (Å²) in [7, 11) is 0. The second-order valence-corrected chi connectivity index (χ2v) is 4.85. The van der Waals surface area contributed by atoms with Gasteiger partial charge < -0.3 is 10.6 Å². The third-order valence-electron chi connectivity index (χ3n) is 2.01. The van der Waals surface area contributed by atoms with E-state index in [0.29, 0.717) is 6.42 Å². The summed E-state index contributed by atoms with van der Waals surface area (Å²) in [4.78, 5) is 11.2. The molecule has 0 aliphatic heterocycles. The van der Waals surface area contributed by atoms with Gasteiger partial charge in [-0.25, -0.2) is 0 Å². The highest BCUT2D eigenvalue weighted by atomic mass is 16.1. The molecule has 1 aromatic rings. The summed E-state index contributed by atoms with van der Waals surface area (Å²) < 4.78 is 0. The van der Waals surface area contributed by atoms with Crippen LogP contribution in [0.15, 0.2) is 24.3 Å². The summed E-state index contributed by atoms with van der Waals surface area (Å²) in [5.41, 5.74) is 1.95. The van der Waals surface area contributed by atoms with Gasteiger partial charge in [-0.3, -0.25) is 4.79 Å². The molecule has 0 spiro atoms. The lowest BCUT2D eigenvalue weighted by Crippen LogP contribution is -2.25. The first-order chi connectivity index (χ1) is 7.40. The lowest BCUT2D eigenvalue weighted by Gasteiger charge is -2.22. The molecule has 16 heavy (non-hydrogen) atoms. The molecule has 88 valence electrons. The van der Waals surface area contributed by atoms with Gasteiger partial charge in [-0.05, 0) is 45.0 Å². The molecule has 1 amide bonds. The van der Waals surface area contributed by atoms with Crippen LogP contribution in [0.2, 0.25) is 0 Å². The Morgan fingerprint density at radius 3 is 2.06 bits per heavy atom. The molecular weight excluding hydrogens is 200 g/mol. The SMILES string of the molecule is CCC(=O)Nc1ccc(NC(C)(C)C)cc1. The molecule has 0 aliphatic rings. The van der Waals surface area contributed by atoms with Crippen LogP contribution >= 0.6 is 0 Å². The molecule has 3 heteroatoms. The number of carbonyl (C=O) groups is 1. The van der Waals surface area contributed by atoms with E-state index in [1.165, 1.54) is 0 Å². The van der Waals surface area contributed by atoms with Crippen molar-refractivity contribution in [3.63, 3.8) is 0 Å². The Morgan fingerprint density at radius 1 is 1.12 bits per heavy atom. The van der Waals surface area contributed by atoms with Gasteiger partial charge >= 0.3 is 0 Å². The second kappa shape index (κ2) is 5.01. The minimum atomic E-state index is 0.0385. The number of anilines is 2. The molecule has 1 aromatic carbocycles. The molecule has 0 atom stereocenters. The Bertz CT molecular complexity index is 349. The fraction of sp³-hybridized carbons (Fsp3) is 0.462. The third-order valence-corrected chi connectivity index (χ3v) is 2.01. The van der Waals surface area contributed by atoms with Crippen molar-refractivity contribution >= 4 is 17.3 Å². The van der Waals surface area contributed by atoms with E-state index in [2.05, 4.69) is 31.4 Å². The standard InChI is InChI=1S/C13H20N2O/c1-5-12(16)14-10-6-8-11(9-7-10)15-13(2,3)4/h6-9,15H,5H2,1-4H3,(H,14,16). The van der Waals surface area contributed by atoms with Crippen LogP contribution in [0, 0.1) is 0 Å². The van der Waals surface area contributed by atoms with E-state index in [-0.39, 0.29) is 11.4 Å². The van der Waals surface area contributed by atoms with Gasteiger partial charge in [0.1, 0.15) is 0 Å². The first-order valence-corrected chi connectivity index (χ1v) is 5.59. The molecule has 0 heterocycles. The van der Waals surface area contributed by atoms with Crippen molar-refractivity contribution in [2.24, 2.45) is 0 Å². The van der Waals surface area contributed by atoms with E-state index < -0.39 is 0 Å². The number of rotatable bonds is 3. The minimum absolute atomic E-state index is 0.0385. The predicted octanol–water partition coefficient (Wildman–Crippen LogP) is 3.25. The first-order valence-electron chi connectivity index (χ1n) is 5.59. The lowest BCUT2D eigenvalue weighted by molar-refractivity contribution is -0.115. The van der Waals surface area contributed by atoms with Gasteiger partial charge in [-0.2, -0.15) is 0 Å². The molecule has 1 rings (SSSR count). The van der Waals surface area contributed by atoms with Crippen LogP contribution in [0.4, 0.5) is 11.4 Å². The lowest BCUT2D eigenvalue weighted by atomic mass is 10.1. The summed E-state index contributed by atoms with van der Waals surface area (Å²) in [5.74, 6) is 0.0385. The van der Waals surface area contributed by atoms with Gasteiger partial charge in [-0.15, -0.1) is 0 Å². The molecule has 2 N–H and O–H groups in total. The Morgan fingerprint density at radius 2 is 1.62 bits per heavy atom. The van der Waals surface area contributed by atoms with Gasteiger partial charge in [0.25, 0.3) is 0 Å². The van der Waals surface area contributed by atoms with Crippen LogP contribution < -0.4 is 10.6 Å². The van der Waals surface area contributed by atoms with Crippen LogP contribution in [-0.4, -0.2) is 11.4 Å². The van der Waals surface area contributed by atoms with Crippen LogP contribution in [0.1, 0.15) is 34.1 Å². The number of nitrogens with one attached hydrogen (secondary N) is 2. The van der Waals surface area contributed by atoms with Gasteiger partial charge in [-0.1, -0.05) is 6.92 Å². The first kappa shape index (κ1) is 12.6. The Labute approximate surface area is 97.2 Å². The fourth-order valence-corrected chi connectivity index (χ4v) is 1.32. The van der Waals surface area contributed by atoms with Crippen molar-refractivity contribution < 1.29 is 4.79 Å². The fourth-order valence-electron chi connectivity index (χ4n) is 1.32. The van der Waals surface area contributed by atoms with E-state index in [0.717, 1.165) is 11.4 Å². The van der Waals surface area contributed by atoms with Crippen molar-refractivity contribution in [2.75, 3.05) is 10.6 Å². The number of hydrogen-bond donors (Lipinski definition) is 2. The topological polar surface area (TPSA) is 41.1 Å². The largest absolute Gasteiger partial charge is 0.380 e. The number of amides is 1. The van der Waals surface area contributed by atoms with Gasteiger partial charge in [0.2, 0.25) is 5.91 Å². The van der Waals surface area contributed by atoms with Crippen molar-refractivity contribution in [1.29, 1.82) is 0 Å². The van der Waals surface area contributed by atoms with Crippen LogP contribution in [0.5, 0.6) is 0 Å². The molecule has 0 radical (unpaired) electrons. The van der Waals surface area contributed by atoms with Crippen LogP contribution in [0.25, 0.3) is 0 Å². The molecule has 0 fully saturated rings. The number of carbonyl (C=O) groups excluding carboxylic acids is 1. The van der Waals surface area contributed by atoms with Gasteiger partial charge in [0.15, 0.2) is 0 Å². The van der Waals surface area contributed by atoms with Gasteiger partial charge in [0, 0.05) is 23.3 Å².